The summed E-state index contributed by atoms with van der Waals surface area (Å²) in [6.07, 6.45) is 1.66. The van der Waals surface area contributed by atoms with Gasteiger partial charge in [-0.25, -0.2) is 4.98 Å². The van der Waals surface area contributed by atoms with Crippen molar-refractivity contribution in [2.24, 2.45) is 0 Å². The number of benzene rings is 2. The Morgan fingerprint density at radius 1 is 1.00 bits per heavy atom. The molecule has 0 atom stereocenters. The zero-order valence-corrected chi connectivity index (χ0v) is 13.8. The Hall–Kier alpha value is -2.85. The van der Waals surface area contributed by atoms with Gasteiger partial charge in [-0.05, 0) is 49.4 Å². The van der Waals surface area contributed by atoms with E-state index in [2.05, 4.69) is 15.6 Å². The molecule has 0 radical (unpaired) electrons. The predicted octanol–water partition coefficient (Wildman–Crippen LogP) is 5.04. The van der Waals surface area contributed by atoms with Crippen LogP contribution in [0.3, 0.4) is 0 Å². The summed E-state index contributed by atoms with van der Waals surface area (Å²) < 4.78 is 0. The molecular weight excluding hydrogens is 322 g/mol. The van der Waals surface area contributed by atoms with Crippen LogP contribution in [0.1, 0.15) is 15.9 Å². The minimum Gasteiger partial charge on any atom is -0.354 e. The molecule has 4 nitrogen and oxygen atoms in total. The van der Waals surface area contributed by atoms with Crippen LogP contribution >= 0.6 is 11.6 Å². The van der Waals surface area contributed by atoms with Crippen molar-refractivity contribution in [2.75, 3.05) is 10.6 Å². The third-order valence-corrected chi connectivity index (χ3v) is 3.67. The van der Waals surface area contributed by atoms with Gasteiger partial charge in [0.15, 0.2) is 0 Å². The molecule has 1 aromatic heterocycles. The average Bonchev–Trinajstić information content (AvgIpc) is 2.57. The molecule has 0 aliphatic heterocycles. The van der Waals surface area contributed by atoms with E-state index in [-0.39, 0.29) is 5.91 Å². The maximum absolute atomic E-state index is 12.2. The minimum absolute atomic E-state index is 0.182. The van der Waals surface area contributed by atoms with Crippen molar-refractivity contribution in [3.63, 3.8) is 0 Å². The lowest BCUT2D eigenvalue weighted by atomic mass is 10.1. The van der Waals surface area contributed by atoms with E-state index in [1.54, 1.807) is 24.4 Å². The first-order valence-corrected chi connectivity index (χ1v) is 7.84. The number of nitrogens with one attached hydrogen (secondary N) is 2. The molecule has 5 heteroatoms. The van der Waals surface area contributed by atoms with E-state index in [4.69, 9.17) is 11.6 Å². The molecule has 1 amide bonds. The summed E-state index contributed by atoms with van der Waals surface area (Å²) >= 11 is 5.96. The smallest absolute Gasteiger partial charge is 0.256 e. The molecule has 1 heterocycles. The number of rotatable bonds is 4. The number of hydrogen-bond acceptors (Lipinski definition) is 3. The van der Waals surface area contributed by atoms with Crippen LogP contribution in [-0.2, 0) is 0 Å². The molecule has 0 saturated heterocycles. The number of carbonyl (C=O) groups is 1. The Labute approximate surface area is 145 Å². The van der Waals surface area contributed by atoms with Crippen molar-refractivity contribution in [3.8, 4) is 0 Å². The molecule has 2 N–H and O–H groups in total. The molecule has 0 spiro atoms. The van der Waals surface area contributed by atoms with Crippen LogP contribution in [0.25, 0.3) is 0 Å². The number of aryl methyl sites for hydroxylation is 1. The van der Waals surface area contributed by atoms with Crippen molar-refractivity contribution >= 4 is 34.7 Å². The summed E-state index contributed by atoms with van der Waals surface area (Å²) in [7, 11) is 0. The quantitative estimate of drug-likeness (QED) is 0.701. The highest BCUT2D eigenvalue weighted by Crippen LogP contribution is 2.20. The second-order valence-corrected chi connectivity index (χ2v) is 5.82. The fourth-order valence-corrected chi connectivity index (χ4v) is 2.36. The lowest BCUT2D eigenvalue weighted by Crippen LogP contribution is -2.12. The normalized spacial score (nSPS) is 10.2. The number of hydrogen-bond donors (Lipinski definition) is 2. The van der Waals surface area contributed by atoms with Crippen LogP contribution in [-0.4, -0.2) is 10.9 Å². The Morgan fingerprint density at radius 3 is 2.46 bits per heavy atom. The zero-order chi connectivity index (χ0) is 16.9. The molecule has 0 saturated carbocycles. The lowest BCUT2D eigenvalue weighted by molar-refractivity contribution is 0.102. The van der Waals surface area contributed by atoms with Crippen LogP contribution in [0.4, 0.5) is 17.2 Å². The highest BCUT2D eigenvalue weighted by Gasteiger charge is 2.06. The van der Waals surface area contributed by atoms with Crippen LogP contribution in [0.15, 0.2) is 66.9 Å². The van der Waals surface area contributed by atoms with Crippen LogP contribution in [0.2, 0.25) is 5.02 Å². The van der Waals surface area contributed by atoms with Gasteiger partial charge in [-0.2, -0.15) is 0 Å². The fraction of sp³-hybridized carbons (Fsp3) is 0.0526. The van der Waals surface area contributed by atoms with E-state index in [0.717, 1.165) is 16.9 Å². The third kappa shape index (κ3) is 4.12. The van der Waals surface area contributed by atoms with Gasteiger partial charge < -0.3 is 10.6 Å². The molecule has 0 fully saturated rings. The fourth-order valence-electron chi connectivity index (χ4n) is 2.17. The van der Waals surface area contributed by atoms with E-state index in [1.807, 2.05) is 49.4 Å². The van der Waals surface area contributed by atoms with Crippen molar-refractivity contribution in [1.29, 1.82) is 0 Å². The summed E-state index contributed by atoms with van der Waals surface area (Å²) in [6, 6.07) is 18.4. The molecule has 0 aliphatic rings. The monoisotopic (exact) mass is 337 g/mol. The maximum Gasteiger partial charge on any atom is 0.256 e. The number of carbonyl (C=O) groups excluding carboxylic acids is 1. The van der Waals surface area contributed by atoms with Crippen molar-refractivity contribution in [3.05, 3.63) is 83.0 Å². The van der Waals surface area contributed by atoms with Crippen molar-refractivity contribution in [2.45, 2.75) is 6.92 Å². The Bertz CT molecular complexity index is 845. The Balaban J connectivity index is 1.66. The molecule has 3 rings (SSSR count). The SMILES string of the molecule is Cc1ccc(C(=O)Nc2ccc(Nc3cccc(Cl)c3)cn2)cc1. The summed E-state index contributed by atoms with van der Waals surface area (Å²) in [5.74, 6) is 0.315. The van der Waals surface area contributed by atoms with Gasteiger partial charge in [-0.3, -0.25) is 4.79 Å². The Kier molecular flexibility index (Phi) is 4.77. The third-order valence-electron chi connectivity index (χ3n) is 3.43. The largest absolute Gasteiger partial charge is 0.354 e. The summed E-state index contributed by atoms with van der Waals surface area (Å²) in [4.78, 5) is 16.4. The van der Waals surface area contributed by atoms with Crippen molar-refractivity contribution < 1.29 is 4.79 Å². The molecule has 3 aromatic rings. The minimum atomic E-state index is -0.182. The number of pyridine rings is 1. The summed E-state index contributed by atoms with van der Waals surface area (Å²) in [5, 5.41) is 6.64. The molecule has 2 aromatic carbocycles. The van der Waals surface area contributed by atoms with Crippen molar-refractivity contribution in [1.82, 2.24) is 4.98 Å². The molecule has 120 valence electrons. The standard InChI is InChI=1S/C19H16ClN3O/c1-13-5-7-14(8-6-13)19(24)23-18-10-9-17(12-21-18)22-16-4-2-3-15(20)11-16/h2-12,22H,1H3,(H,21,23,24). The number of nitrogens with zero attached hydrogens (tertiary/aromatic N) is 1. The molecule has 24 heavy (non-hydrogen) atoms. The van der Waals surface area contributed by atoms with Gasteiger partial charge >= 0.3 is 0 Å². The molecule has 0 unspecified atom stereocenters. The second-order valence-electron chi connectivity index (χ2n) is 5.39. The van der Waals surface area contributed by atoms with Gasteiger partial charge in [-0.15, -0.1) is 0 Å². The number of amides is 1. The lowest BCUT2D eigenvalue weighted by Gasteiger charge is -2.08. The highest BCUT2D eigenvalue weighted by molar-refractivity contribution is 6.30. The van der Waals surface area contributed by atoms with Crippen LogP contribution < -0.4 is 10.6 Å². The van der Waals surface area contributed by atoms with Crippen LogP contribution in [0.5, 0.6) is 0 Å². The van der Waals surface area contributed by atoms with Gasteiger partial charge in [0.2, 0.25) is 0 Å². The molecule has 0 bridgehead atoms. The number of anilines is 3. The van der Waals surface area contributed by atoms with E-state index >= 15 is 0 Å². The van der Waals surface area contributed by atoms with Gasteiger partial charge in [0, 0.05) is 16.3 Å². The number of aromatic nitrogens is 1. The Morgan fingerprint density at radius 2 is 1.79 bits per heavy atom. The topological polar surface area (TPSA) is 54.0 Å². The number of halogens is 1. The summed E-state index contributed by atoms with van der Waals surface area (Å²) in [6.45, 7) is 1.98. The van der Waals surface area contributed by atoms with E-state index in [9.17, 15) is 4.79 Å². The summed E-state index contributed by atoms with van der Waals surface area (Å²) in [5.41, 5.74) is 3.40. The van der Waals surface area contributed by atoms with E-state index in [0.29, 0.717) is 16.4 Å². The van der Waals surface area contributed by atoms with Crippen LogP contribution in [0, 0.1) is 6.92 Å². The molecule has 0 aliphatic carbocycles. The van der Waals surface area contributed by atoms with Gasteiger partial charge in [0.25, 0.3) is 5.91 Å². The first-order valence-electron chi connectivity index (χ1n) is 7.47. The van der Waals surface area contributed by atoms with Gasteiger partial charge in [-0.1, -0.05) is 35.4 Å². The first kappa shape index (κ1) is 16.0. The van der Waals surface area contributed by atoms with Gasteiger partial charge in [0.1, 0.15) is 5.82 Å². The van der Waals surface area contributed by atoms with E-state index in [1.165, 1.54) is 0 Å². The molecular formula is C19H16ClN3O. The highest BCUT2D eigenvalue weighted by atomic mass is 35.5. The first-order chi connectivity index (χ1) is 11.6. The van der Waals surface area contributed by atoms with E-state index < -0.39 is 0 Å². The maximum atomic E-state index is 12.2. The average molecular weight is 338 g/mol. The van der Waals surface area contributed by atoms with Gasteiger partial charge in [0.05, 0.1) is 11.9 Å². The second kappa shape index (κ2) is 7.15. The zero-order valence-electron chi connectivity index (χ0n) is 13.1. The predicted molar refractivity (Wildman–Crippen MR) is 98.1 cm³/mol.